The third-order valence-electron chi connectivity index (χ3n) is 3.71. The van der Waals surface area contributed by atoms with Gasteiger partial charge in [0.05, 0.1) is 23.7 Å². The lowest BCUT2D eigenvalue weighted by atomic mass is 10.2. The number of imidazole rings is 1. The summed E-state index contributed by atoms with van der Waals surface area (Å²) in [5.74, 6) is 0.199. The number of ether oxygens (including phenoxy) is 2. The Labute approximate surface area is 167 Å². The average molecular weight is 398 g/mol. The molecule has 0 spiro atoms. The molecule has 7 heteroatoms. The first-order chi connectivity index (χ1) is 13.5. The number of aromatic amines is 1. The molecule has 0 aliphatic rings. The molecule has 0 atom stereocenters. The topological polar surface area (TPSA) is 84.4 Å². The number of para-hydroxylation sites is 2. The Morgan fingerprint density at radius 1 is 1.25 bits per heavy atom. The highest BCUT2D eigenvalue weighted by Gasteiger charge is 2.14. The summed E-state index contributed by atoms with van der Waals surface area (Å²) in [4.78, 5) is 19.5. The zero-order valence-corrected chi connectivity index (χ0v) is 16.7. The molecule has 0 saturated heterocycles. The summed E-state index contributed by atoms with van der Waals surface area (Å²) in [6.07, 6.45) is 1.61. The van der Waals surface area contributed by atoms with Gasteiger partial charge in [-0.05, 0) is 68.4 Å². The van der Waals surface area contributed by atoms with Crippen molar-refractivity contribution in [2.75, 3.05) is 6.61 Å². The number of aliphatic carboxylic acids is 1. The Morgan fingerprint density at radius 2 is 2.04 bits per heavy atom. The van der Waals surface area contributed by atoms with Gasteiger partial charge in [-0.15, -0.1) is 0 Å². The molecule has 0 aliphatic heterocycles. The van der Waals surface area contributed by atoms with Crippen molar-refractivity contribution in [2.24, 2.45) is 0 Å². The van der Waals surface area contributed by atoms with E-state index in [2.05, 4.69) is 9.97 Å². The molecule has 0 fully saturated rings. The van der Waals surface area contributed by atoms with Crippen molar-refractivity contribution in [2.45, 2.75) is 32.0 Å². The van der Waals surface area contributed by atoms with Crippen LogP contribution in [-0.4, -0.2) is 33.8 Å². The minimum absolute atomic E-state index is 0.0128. The van der Waals surface area contributed by atoms with Gasteiger partial charge in [0.15, 0.2) is 16.7 Å². The number of aromatic nitrogens is 2. The first kappa shape index (κ1) is 19.8. The van der Waals surface area contributed by atoms with Crippen LogP contribution in [0.5, 0.6) is 11.5 Å². The summed E-state index contributed by atoms with van der Waals surface area (Å²) < 4.78 is 11.4. The monoisotopic (exact) mass is 398 g/mol. The van der Waals surface area contributed by atoms with E-state index >= 15 is 0 Å². The second kappa shape index (κ2) is 8.84. The van der Waals surface area contributed by atoms with Crippen LogP contribution in [0.3, 0.4) is 0 Å². The Bertz CT molecular complexity index is 978. The molecule has 0 aliphatic carbocycles. The fraction of sp³-hybridized carbons (Fsp3) is 0.238. The largest absolute Gasteiger partial charge is 0.490 e. The zero-order valence-electron chi connectivity index (χ0n) is 15.9. The fourth-order valence-electron chi connectivity index (χ4n) is 2.60. The number of hydrogen-bond acceptors (Lipinski definition) is 5. The van der Waals surface area contributed by atoms with Gasteiger partial charge in [0.1, 0.15) is 4.91 Å². The van der Waals surface area contributed by atoms with Crippen molar-refractivity contribution in [1.29, 1.82) is 0 Å². The highest BCUT2D eigenvalue weighted by molar-refractivity contribution is 8.04. The standard InChI is InChI=1S/C21H22N2O4S/c1-4-26-18-11-14(9-10-17(18)27-13(2)3)12-19(20(24)25)28-21-22-15-7-5-6-8-16(15)23-21/h5-13H,4H2,1-3H3,(H,22,23)(H,24,25)/b19-12-. The third kappa shape index (κ3) is 4.86. The molecule has 3 aromatic rings. The van der Waals surface area contributed by atoms with Gasteiger partial charge in [0, 0.05) is 0 Å². The number of nitrogens with zero attached hydrogens (tertiary/aromatic N) is 1. The Morgan fingerprint density at radius 3 is 2.71 bits per heavy atom. The minimum atomic E-state index is -1.02. The molecular formula is C21H22N2O4S. The van der Waals surface area contributed by atoms with Gasteiger partial charge in [0.25, 0.3) is 0 Å². The maximum absolute atomic E-state index is 11.8. The molecule has 2 N–H and O–H groups in total. The van der Waals surface area contributed by atoms with Crippen LogP contribution in [0.25, 0.3) is 17.1 Å². The van der Waals surface area contributed by atoms with Gasteiger partial charge >= 0.3 is 5.97 Å². The zero-order chi connectivity index (χ0) is 20.1. The second-order valence-corrected chi connectivity index (χ2v) is 7.31. The van der Waals surface area contributed by atoms with Crippen molar-refractivity contribution >= 4 is 34.8 Å². The van der Waals surface area contributed by atoms with E-state index in [0.29, 0.717) is 28.8 Å². The number of benzene rings is 2. The van der Waals surface area contributed by atoms with Crippen LogP contribution in [0.2, 0.25) is 0 Å². The number of nitrogens with one attached hydrogen (secondary N) is 1. The van der Waals surface area contributed by atoms with E-state index < -0.39 is 5.97 Å². The summed E-state index contributed by atoms with van der Waals surface area (Å²) in [7, 11) is 0. The van der Waals surface area contributed by atoms with Crippen molar-refractivity contribution in [3.8, 4) is 11.5 Å². The van der Waals surface area contributed by atoms with Gasteiger partial charge < -0.3 is 19.6 Å². The number of carbonyl (C=O) groups is 1. The molecule has 0 radical (unpaired) electrons. The first-order valence-electron chi connectivity index (χ1n) is 8.97. The van der Waals surface area contributed by atoms with E-state index in [-0.39, 0.29) is 11.0 Å². The lowest BCUT2D eigenvalue weighted by molar-refractivity contribution is -0.131. The highest BCUT2D eigenvalue weighted by Crippen LogP contribution is 2.33. The Balaban J connectivity index is 1.90. The molecule has 1 heterocycles. The molecule has 1 aromatic heterocycles. The summed E-state index contributed by atoms with van der Waals surface area (Å²) in [5, 5.41) is 10.2. The summed E-state index contributed by atoms with van der Waals surface area (Å²) in [6.45, 7) is 6.26. The second-order valence-electron chi connectivity index (χ2n) is 6.28. The summed E-state index contributed by atoms with van der Waals surface area (Å²) in [5.41, 5.74) is 2.37. The van der Waals surface area contributed by atoms with Crippen LogP contribution in [0.4, 0.5) is 0 Å². The van der Waals surface area contributed by atoms with Gasteiger partial charge in [0.2, 0.25) is 0 Å². The van der Waals surface area contributed by atoms with Gasteiger partial charge in [-0.3, -0.25) is 0 Å². The van der Waals surface area contributed by atoms with Crippen LogP contribution in [0.1, 0.15) is 26.3 Å². The first-order valence-corrected chi connectivity index (χ1v) is 9.79. The molecule has 2 aromatic carbocycles. The van der Waals surface area contributed by atoms with Crippen LogP contribution >= 0.6 is 11.8 Å². The average Bonchev–Trinajstić information content (AvgIpc) is 3.05. The lowest BCUT2D eigenvalue weighted by Crippen LogP contribution is -2.07. The van der Waals surface area contributed by atoms with Gasteiger partial charge in [-0.2, -0.15) is 0 Å². The Kier molecular flexibility index (Phi) is 6.26. The number of H-pyrrole nitrogens is 1. The normalized spacial score (nSPS) is 11.8. The van der Waals surface area contributed by atoms with Crippen molar-refractivity contribution in [3.63, 3.8) is 0 Å². The molecule has 0 amide bonds. The van der Waals surface area contributed by atoms with E-state index in [1.807, 2.05) is 51.1 Å². The predicted octanol–water partition coefficient (Wildman–Crippen LogP) is 4.97. The molecule has 3 rings (SSSR count). The van der Waals surface area contributed by atoms with Gasteiger partial charge in [-0.25, -0.2) is 9.78 Å². The van der Waals surface area contributed by atoms with Crippen LogP contribution in [-0.2, 0) is 4.79 Å². The summed E-state index contributed by atoms with van der Waals surface area (Å²) >= 11 is 1.07. The molecule has 28 heavy (non-hydrogen) atoms. The number of thioether (sulfide) groups is 1. The van der Waals surface area contributed by atoms with E-state index in [1.165, 1.54) is 0 Å². The number of hydrogen-bond donors (Lipinski definition) is 2. The quantitative estimate of drug-likeness (QED) is 0.412. The lowest BCUT2D eigenvalue weighted by Gasteiger charge is -2.15. The predicted molar refractivity (Wildman–Crippen MR) is 111 cm³/mol. The fourth-order valence-corrected chi connectivity index (χ4v) is 3.40. The maximum atomic E-state index is 11.8. The summed E-state index contributed by atoms with van der Waals surface area (Å²) in [6, 6.07) is 13.0. The number of carboxylic acids is 1. The van der Waals surface area contributed by atoms with E-state index in [0.717, 1.165) is 22.8 Å². The molecule has 0 bridgehead atoms. The van der Waals surface area contributed by atoms with Crippen molar-refractivity contribution in [1.82, 2.24) is 9.97 Å². The van der Waals surface area contributed by atoms with Crippen molar-refractivity contribution in [3.05, 3.63) is 52.9 Å². The van der Waals surface area contributed by atoms with Crippen molar-refractivity contribution < 1.29 is 19.4 Å². The number of fused-ring (bicyclic) bond motifs is 1. The number of rotatable bonds is 8. The SMILES string of the molecule is CCOc1cc(/C=C(\Sc2nc3ccccc3[nH]2)C(=O)O)ccc1OC(C)C. The van der Waals surface area contributed by atoms with E-state index in [1.54, 1.807) is 18.2 Å². The maximum Gasteiger partial charge on any atom is 0.342 e. The molecular weight excluding hydrogens is 376 g/mol. The molecule has 6 nitrogen and oxygen atoms in total. The molecule has 0 saturated carbocycles. The van der Waals surface area contributed by atoms with Crippen LogP contribution < -0.4 is 9.47 Å². The molecule has 0 unspecified atom stereocenters. The highest BCUT2D eigenvalue weighted by atomic mass is 32.2. The van der Waals surface area contributed by atoms with Crippen LogP contribution in [0, 0.1) is 0 Å². The molecule has 146 valence electrons. The third-order valence-corrected chi connectivity index (χ3v) is 4.61. The van der Waals surface area contributed by atoms with Gasteiger partial charge in [-0.1, -0.05) is 18.2 Å². The van der Waals surface area contributed by atoms with E-state index in [4.69, 9.17) is 9.47 Å². The van der Waals surface area contributed by atoms with E-state index in [9.17, 15) is 9.90 Å². The minimum Gasteiger partial charge on any atom is -0.490 e. The van der Waals surface area contributed by atoms with Crippen LogP contribution in [0.15, 0.2) is 52.5 Å². The Hall–Kier alpha value is -2.93. The smallest absolute Gasteiger partial charge is 0.342 e. The number of carboxylic acid groups (broad SMARTS) is 1.